The third-order valence-corrected chi connectivity index (χ3v) is 29.9. The smallest absolute Gasteiger partial charge is 0.144 e. The molecule has 0 unspecified atom stereocenters. The molecular formula is C84H84BO3P3. The molecule has 0 aromatic heterocycles. The number of aryl methyl sites for hydroxylation is 3. The molecule has 0 aliphatic heterocycles. The maximum atomic E-state index is 8.42. The molecule has 12 aromatic carbocycles. The van der Waals surface area contributed by atoms with E-state index in [0.29, 0.717) is 0 Å². The summed E-state index contributed by atoms with van der Waals surface area (Å²) in [6.45, 7) is 6.82. The molecule has 0 spiro atoms. The van der Waals surface area contributed by atoms with Crippen LogP contribution in [0.5, 0.6) is 0 Å². The summed E-state index contributed by atoms with van der Waals surface area (Å²) in [7, 11) is -8.87. The second-order valence-electron chi connectivity index (χ2n) is 22.5. The van der Waals surface area contributed by atoms with Gasteiger partial charge in [-0.1, -0.05) is 258 Å². The third-order valence-electron chi connectivity index (χ3n) is 16.7. The number of hydrogen-bond donors (Lipinski definition) is 0. The molecule has 0 fully saturated rings. The van der Waals surface area contributed by atoms with E-state index in [0.717, 1.165) is 19.3 Å². The summed E-state index contributed by atoms with van der Waals surface area (Å²) in [5, 5.41) is 42.5. The molecule has 0 aliphatic carbocycles. The van der Waals surface area contributed by atoms with Gasteiger partial charge in [-0.2, -0.15) is 0 Å². The fraction of sp³-hybridized carbons (Fsp3) is 0.143. The Kier molecular flexibility index (Phi) is 25.8. The van der Waals surface area contributed by atoms with Crippen molar-refractivity contribution in [2.75, 3.05) is 0 Å². The lowest BCUT2D eigenvalue weighted by Crippen LogP contribution is -2.56. The van der Waals surface area contributed by atoms with Crippen LogP contribution >= 0.6 is 21.8 Å². The van der Waals surface area contributed by atoms with Crippen LogP contribution in [-0.4, -0.2) is 7.32 Å². The topological polar surface area (TPSA) is 69.2 Å². The van der Waals surface area contributed by atoms with Crippen molar-refractivity contribution in [3.8, 4) is 0 Å². The van der Waals surface area contributed by atoms with E-state index in [4.69, 9.17) is 15.1 Å². The second-order valence-corrected chi connectivity index (χ2v) is 32.6. The highest BCUT2D eigenvalue weighted by Crippen LogP contribution is 2.57. The number of benzene rings is 12. The maximum Gasteiger partial charge on any atom is 0.144 e. The van der Waals surface area contributed by atoms with Gasteiger partial charge in [0.05, 0.1) is 0 Å². The number of rotatable bonds is 21. The zero-order chi connectivity index (χ0) is 63.4. The van der Waals surface area contributed by atoms with E-state index < -0.39 is 29.1 Å². The van der Waals surface area contributed by atoms with Crippen molar-refractivity contribution in [2.45, 2.75) is 78.6 Å². The van der Waals surface area contributed by atoms with Gasteiger partial charge >= 0.3 is 0 Å². The highest BCUT2D eigenvalue weighted by molar-refractivity contribution is 8.02. The molecule has 0 N–H and O–H groups in total. The predicted molar refractivity (Wildman–Crippen MR) is 395 cm³/mol. The minimum Gasteiger partial charge on any atom is -0.907 e. The van der Waals surface area contributed by atoms with Crippen LogP contribution < -0.4 is 78.7 Å². The molecule has 0 saturated carbocycles. The number of hydrogen-bond acceptors (Lipinski definition) is 3. The van der Waals surface area contributed by atoms with Crippen molar-refractivity contribution in [3.05, 3.63) is 362 Å². The largest absolute Gasteiger partial charge is 0.907 e. The first-order valence-electron chi connectivity index (χ1n) is 32.3. The Bertz CT molecular complexity index is 3270. The molecule has 0 saturated heterocycles. The van der Waals surface area contributed by atoms with E-state index in [1.54, 1.807) is 0 Å². The highest BCUT2D eigenvalue weighted by atomic mass is 31.2. The molecule has 12 aromatic rings. The van der Waals surface area contributed by atoms with E-state index in [9.17, 15) is 0 Å². The van der Waals surface area contributed by atoms with Crippen LogP contribution in [-0.2, 0) is 19.3 Å². The lowest BCUT2D eigenvalue weighted by atomic mass is 10.1. The Labute approximate surface area is 545 Å². The first kappa shape index (κ1) is 67.3. The Morgan fingerprint density at radius 1 is 0.209 bits per heavy atom. The van der Waals surface area contributed by atoms with Crippen LogP contribution in [0.1, 0.15) is 76.0 Å². The van der Waals surface area contributed by atoms with Crippen molar-refractivity contribution in [3.63, 3.8) is 0 Å². The third kappa shape index (κ3) is 16.0. The molecule has 0 radical (unpaired) electrons. The molecule has 3 nitrogen and oxygen atoms in total. The van der Waals surface area contributed by atoms with Crippen molar-refractivity contribution in [1.82, 2.24) is 0 Å². The lowest BCUT2D eigenvalue weighted by molar-refractivity contribution is -0.479. The molecule has 0 atom stereocenters. The summed E-state index contributed by atoms with van der Waals surface area (Å²) >= 11 is 0. The van der Waals surface area contributed by atoms with Crippen LogP contribution in [0.4, 0.5) is 0 Å². The van der Waals surface area contributed by atoms with Gasteiger partial charge in [-0.25, -0.2) is 0 Å². The highest BCUT2D eigenvalue weighted by Gasteiger charge is 2.51. The Morgan fingerprint density at radius 2 is 0.341 bits per heavy atom. The fourth-order valence-electron chi connectivity index (χ4n) is 12.7. The van der Waals surface area contributed by atoms with Gasteiger partial charge in [0.25, 0.3) is 0 Å². The fourth-order valence-corrected chi connectivity index (χ4v) is 26.2. The maximum absolute atomic E-state index is 8.42. The first-order valence-corrected chi connectivity index (χ1v) is 37.6. The predicted octanol–water partition coefficient (Wildman–Crippen LogP) is 13.0. The van der Waals surface area contributed by atoms with Gasteiger partial charge in [0.15, 0.2) is 0 Å². The summed E-state index contributed by atoms with van der Waals surface area (Å²) in [5.74, 6) is 0. The molecular weight excluding hydrogens is 1160 g/mol. The van der Waals surface area contributed by atoms with Crippen molar-refractivity contribution >= 4 is 92.8 Å². The molecule has 7 heteroatoms. The molecule has 0 heterocycles. The lowest BCUT2D eigenvalue weighted by Gasteiger charge is -2.35. The van der Waals surface area contributed by atoms with Crippen molar-refractivity contribution < 1.29 is 15.1 Å². The quantitative estimate of drug-likeness (QED) is 0.0532. The van der Waals surface area contributed by atoms with Gasteiger partial charge in [-0.15, -0.1) is 0 Å². The van der Waals surface area contributed by atoms with Crippen LogP contribution in [0.2, 0.25) is 0 Å². The van der Waals surface area contributed by atoms with Gasteiger partial charge < -0.3 is 15.1 Å². The van der Waals surface area contributed by atoms with Crippen molar-refractivity contribution in [2.24, 2.45) is 0 Å². The van der Waals surface area contributed by atoms with Gasteiger partial charge in [0.1, 0.15) is 85.4 Å². The molecule has 0 aliphatic rings. The normalized spacial score (nSPS) is 11.1. The van der Waals surface area contributed by atoms with Crippen LogP contribution in [0.25, 0.3) is 0 Å². The zero-order valence-electron chi connectivity index (χ0n) is 52.9. The summed E-state index contributed by atoms with van der Waals surface area (Å²) in [6, 6.07) is 128. The molecule has 456 valence electrons. The van der Waals surface area contributed by atoms with E-state index in [1.807, 2.05) is 0 Å². The van der Waals surface area contributed by atoms with Gasteiger partial charge in [0.2, 0.25) is 0 Å². The van der Waals surface area contributed by atoms with Gasteiger partial charge in [-0.05, 0) is 183 Å². The minimum absolute atomic E-state index is 1.13. The average molecular weight is 1250 g/mol. The summed E-state index contributed by atoms with van der Waals surface area (Å²) < 4.78 is 0. The monoisotopic (exact) mass is 1240 g/mol. The minimum atomic E-state index is -2.92. The molecule has 91 heavy (non-hydrogen) atoms. The Hall–Kier alpha value is -8.13. The summed E-state index contributed by atoms with van der Waals surface area (Å²) in [4.78, 5) is 0. The van der Waals surface area contributed by atoms with E-state index in [2.05, 4.69) is 367 Å². The SMILES string of the molecule is CCCCc1ccccc1[P+](c1ccccc1)(c1ccccc1)c1ccccc1.CCCCc1ccccc1[P+](c1ccccc1)(c1ccccc1)c1ccccc1.CCCCc1ccccc1[P+](c1ccccc1)(c1ccccc1)c1ccccc1.[O-]B([O-])[O-]. The van der Waals surface area contributed by atoms with Crippen LogP contribution in [0.15, 0.2) is 346 Å². The number of unbranched alkanes of at least 4 members (excludes halogenated alkanes) is 3. The van der Waals surface area contributed by atoms with E-state index in [1.165, 1.54) is 119 Å². The zero-order valence-corrected chi connectivity index (χ0v) is 55.6. The van der Waals surface area contributed by atoms with E-state index in [-0.39, 0.29) is 0 Å². The van der Waals surface area contributed by atoms with Gasteiger partial charge in [-0.3, -0.25) is 7.32 Å². The standard InChI is InChI=1S/3C28H28P.BO3/c3*1-2-3-15-24-16-13-14-23-28(24)29(25-17-7-4-8-18-25,26-19-9-5-10-20-26)27-21-11-6-12-22-27;2-1(3)4/h3*4-14,16-23H,2-3,15H2,1H3;/q3*+1;-3. The Morgan fingerprint density at radius 3 is 0.484 bits per heavy atom. The second kappa shape index (κ2) is 34.9. The van der Waals surface area contributed by atoms with Crippen molar-refractivity contribution in [1.29, 1.82) is 0 Å². The Balaban J connectivity index is 0.000000157. The van der Waals surface area contributed by atoms with Crippen LogP contribution in [0, 0.1) is 0 Å². The van der Waals surface area contributed by atoms with Crippen LogP contribution in [0.3, 0.4) is 0 Å². The first-order chi connectivity index (χ1) is 44.8. The summed E-state index contributed by atoms with van der Waals surface area (Å²) in [6.07, 6.45) is 10.7. The molecule has 0 bridgehead atoms. The molecule has 12 rings (SSSR count). The van der Waals surface area contributed by atoms with E-state index >= 15 is 0 Å². The summed E-state index contributed by atoms with van der Waals surface area (Å²) in [5.41, 5.74) is 4.46. The molecule has 0 amide bonds. The van der Waals surface area contributed by atoms with Gasteiger partial charge in [0, 0.05) is 0 Å². The average Bonchev–Trinajstić information content (AvgIpc) is 0.810.